The summed E-state index contributed by atoms with van der Waals surface area (Å²) < 4.78 is 40.8. The van der Waals surface area contributed by atoms with Crippen molar-refractivity contribution in [3.63, 3.8) is 0 Å². The standard InChI is InChI=1S/C15H15F3N2O/c1-10-5-2-3-8-13(10)14(20-19)11-6-4-7-12(9-11)21-15(16,17)18/h2-9,14,20H,19H2,1H3. The fourth-order valence-electron chi connectivity index (χ4n) is 2.17. The molecule has 3 N–H and O–H groups in total. The van der Waals surface area contributed by atoms with E-state index >= 15 is 0 Å². The van der Waals surface area contributed by atoms with Gasteiger partial charge in [0.25, 0.3) is 0 Å². The zero-order valence-corrected chi connectivity index (χ0v) is 11.3. The quantitative estimate of drug-likeness (QED) is 0.671. The Morgan fingerprint density at radius 2 is 1.81 bits per heavy atom. The summed E-state index contributed by atoms with van der Waals surface area (Å²) in [4.78, 5) is 0. The third-order valence-corrected chi connectivity index (χ3v) is 3.09. The molecule has 0 aliphatic carbocycles. The highest BCUT2D eigenvalue weighted by molar-refractivity contribution is 5.39. The molecule has 3 nitrogen and oxygen atoms in total. The molecule has 6 heteroatoms. The minimum absolute atomic E-state index is 0.270. The number of hydrogen-bond donors (Lipinski definition) is 2. The van der Waals surface area contributed by atoms with Gasteiger partial charge in [-0.15, -0.1) is 13.2 Å². The molecular formula is C15H15F3N2O. The zero-order chi connectivity index (χ0) is 15.5. The predicted molar refractivity (Wildman–Crippen MR) is 73.5 cm³/mol. The van der Waals surface area contributed by atoms with Crippen molar-refractivity contribution in [2.75, 3.05) is 0 Å². The average Bonchev–Trinajstić information content (AvgIpc) is 2.40. The Morgan fingerprint density at radius 3 is 2.43 bits per heavy atom. The normalized spacial score (nSPS) is 13.0. The van der Waals surface area contributed by atoms with Gasteiger partial charge in [0.2, 0.25) is 0 Å². The van der Waals surface area contributed by atoms with E-state index in [1.807, 2.05) is 31.2 Å². The second kappa shape index (κ2) is 6.15. The van der Waals surface area contributed by atoms with Crippen LogP contribution >= 0.6 is 0 Å². The van der Waals surface area contributed by atoms with Gasteiger partial charge in [-0.1, -0.05) is 36.4 Å². The first-order valence-corrected chi connectivity index (χ1v) is 6.28. The molecule has 2 aromatic carbocycles. The number of hydrazine groups is 1. The molecule has 0 radical (unpaired) electrons. The fourth-order valence-corrected chi connectivity index (χ4v) is 2.17. The van der Waals surface area contributed by atoms with E-state index in [1.54, 1.807) is 6.07 Å². The number of hydrogen-bond acceptors (Lipinski definition) is 3. The molecule has 0 aromatic heterocycles. The van der Waals surface area contributed by atoms with Crippen molar-refractivity contribution in [2.45, 2.75) is 19.3 Å². The van der Waals surface area contributed by atoms with Gasteiger partial charge in [0, 0.05) is 0 Å². The maximum atomic E-state index is 12.3. The maximum Gasteiger partial charge on any atom is 0.573 e. The molecule has 0 saturated heterocycles. The van der Waals surface area contributed by atoms with Crippen LogP contribution in [0.1, 0.15) is 22.7 Å². The number of aryl methyl sites for hydroxylation is 1. The van der Waals surface area contributed by atoms with Crippen LogP contribution in [0.25, 0.3) is 0 Å². The van der Waals surface area contributed by atoms with E-state index in [2.05, 4.69) is 10.2 Å². The van der Waals surface area contributed by atoms with Gasteiger partial charge in [0.1, 0.15) is 5.75 Å². The van der Waals surface area contributed by atoms with Crippen molar-refractivity contribution in [1.82, 2.24) is 5.43 Å². The molecule has 0 bridgehead atoms. The van der Waals surface area contributed by atoms with Gasteiger partial charge in [-0.25, -0.2) is 5.43 Å². The lowest BCUT2D eigenvalue weighted by molar-refractivity contribution is -0.274. The Balaban J connectivity index is 2.35. The van der Waals surface area contributed by atoms with E-state index in [4.69, 9.17) is 5.84 Å². The highest BCUT2D eigenvalue weighted by atomic mass is 19.4. The van der Waals surface area contributed by atoms with Crippen LogP contribution in [0.3, 0.4) is 0 Å². The summed E-state index contributed by atoms with van der Waals surface area (Å²) in [5.41, 5.74) is 5.10. The summed E-state index contributed by atoms with van der Waals surface area (Å²) >= 11 is 0. The molecule has 0 aliphatic heterocycles. The molecular weight excluding hydrogens is 281 g/mol. The van der Waals surface area contributed by atoms with E-state index in [-0.39, 0.29) is 5.75 Å². The Hall–Kier alpha value is -2.05. The summed E-state index contributed by atoms with van der Waals surface area (Å²) in [6.07, 6.45) is -4.72. The van der Waals surface area contributed by atoms with Gasteiger partial charge in [-0.05, 0) is 35.7 Å². The third kappa shape index (κ3) is 3.96. The van der Waals surface area contributed by atoms with Crippen LogP contribution in [0.4, 0.5) is 13.2 Å². The Kier molecular flexibility index (Phi) is 4.50. The van der Waals surface area contributed by atoms with E-state index < -0.39 is 12.4 Å². The number of halogens is 3. The van der Waals surface area contributed by atoms with Gasteiger partial charge in [-0.2, -0.15) is 0 Å². The fraction of sp³-hybridized carbons (Fsp3) is 0.200. The number of nitrogens with one attached hydrogen (secondary N) is 1. The first kappa shape index (κ1) is 15.3. The van der Waals surface area contributed by atoms with Crippen molar-refractivity contribution in [2.24, 2.45) is 5.84 Å². The van der Waals surface area contributed by atoms with Crippen LogP contribution in [0, 0.1) is 6.92 Å². The highest BCUT2D eigenvalue weighted by Gasteiger charge is 2.31. The van der Waals surface area contributed by atoms with Gasteiger partial charge in [0.15, 0.2) is 0 Å². The van der Waals surface area contributed by atoms with Crippen molar-refractivity contribution < 1.29 is 17.9 Å². The summed E-state index contributed by atoms with van der Waals surface area (Å²) in [6.45, 7) is 1.91. The Morgan fingerprint density at radius 1 is 1.10 bits per heavy atom. The molecule has 1 atom stereocenters. The second-order valence-corrected chi connectivity index (χ2v) is 4.58. The molecule has 2 aromatic rings. The van der Waals surface area contributed by atoms with E-state index in [1.165, 1.54) is 18.2 Å². The maximum absolute atomic E-state index is 12.3. The van der Waals surface area contributed by atoms with Crippen LogP contribution in [0.5, 0.6) is 5.75 Å². The van der Waals surface area contributed by atoms with Crippen LogP contribution < -0.4 is 16.0 Å². The largest absolute Gasteiger partial charge is 0.573 e. The molecule has 112 valence electrons. The number of benzene rings is 2. The molecule has 0 fully saturated rings. The van der Waals surface area contributed by atoms with Crippen molar-refractivity contribution in [3.8, 4) is 5.75 Å². The lowest BCUT2D eigenvalue weighted by Crippen LogP contribution is -2.29. The van der Waals surface area contributed by atoms with Crippen LogP contribution in [0.15, 0.2) is 48.5 Å². The van der Waals surface area contributed by atoms with E-state index in [0.717, 1.165) is 11.1 Å². The average molecular weight is 296 g/mol. The van der Waals surface area contributed by atoms with E-state index in [0.29, 0.717) is 5.56 Å². The SMILES string of the molecule is Cc1ccccc1C(NN)c1cccc(OC(F)(F)F)c1. The topological polar surface area (TPSA) is 47.3 Å². The minimum atomic E-state index is -4.72. The Labute approximate surface area is 120 Å². The van der Waals surface area contributed by atoms with Gasteiger partial charge < -0.3 is 4.74 Å². The molecule has 2 rings (SSSR count). The number of rotatable bonds is 4. The number of nitrogens with two attached hydrogens (primary N) is 1. The highest BCUT2D eigenvalue weighted by Crippen LogP contribution is 2.29. The number of ether oxygens (including phenoxy) is 1. The van der Waals surface area contributed by atoms with Crippen molar-refractivity contribution >= 4 is 0 Å². The molecule has 1 unspecified atom stereocenters. The summed E-state index contributed by atoms with van der Waals surface area (Å²) in [6, 6.07) is 12.9. The van der Waals surface area contributed by atoms with Gasteiger partial charge in [-0.3, -0.25) is 5.84 Å². The van der Waals surface area contributed by atoms with E-state index in [9.17, 15) is 13.2 Å². The first-order chi connectivity index (χ1) is 9.90. The van der Waals surface area contributed by atoms with Gasteiger partial charge in [0.05, 0.1) is 6.04 Å². The van der Waals surface area contributed by atoms with Crippen LogP contribution in [-0.2, 0) is 0 Å². The smallest absolute Gasteiger partial charge is 0.406 e. The molecule has 0 saturated carbocycles. The third-order valence-electron chi connectivity index (χ3n) is 3.09. The summed E-state index contributed by atoms with van der Waals surface area (Å²) in [5.74, 6) is 5.30. The molecule has 0 aliphatic rings. The lowest BCUT2D eigenvalue weighted by Gasteiger charge is -2.20. The summed E-state index contributed by atoms with van der Waals surface area (Å²) in [7, 11) is 0. The summed E-state index contributed by atoms with van der Waals surface area (Å²) in [5, 5.41) is 0. The lowest BCUT2D eigenvalue weighted by atomic mass is 9.95. The first-order valence-electron chi connectivity index (χ1n) is 6.28. The molecule has 0 heterocycles. The molecule has 0 amide bonds. The monoisotopic (exact) mass is 296 g/mol. The van der Waals surface area contributed by atoms with Crippen LogP contribution in [-0.4, -0.2) is 6.36 Å². The molecule has 0 spiro atoms. The van der Waals surface area contributed by atoms with Crippen molar-refractivity contribution in [3.05, 3.63) is 65.2 Å². The van der Waals surface area contributed by atoms with Gasteiger partial charge >= 0.3 is 6.36 Å². The van der Waals surface area contributed by atoms with Crippen molar-refractivity contribution in [1.29, 1.82) is 0 Å². The Bertz CT molecular complexity index is 614. The van der Waals surface area contributed by atoms with Crippen LogP contribution in [0.2, 0.25) is 0 Å². The minimum Gasteiger partial charge on any atom is -0.406 e. The predicted octanol–water partition coefficient (Wildman–Crippen LogP) is 3.45. The second-order valence-electron chi connectivity index (χ2n) is 4.58. The number of alkyl halides is 3. The molecule has 21 heavy (non-hydrogen) atoms. The zero-order valence-electron chi connectivity index (χ0n) is 11.3.